The average molecular weight is 204 g/mol. The zero-order chi connectivity index (χ0) is 9.40. The Hall–Kier alpha value is -0.643. The summed E-state index contributed by atoms with van der Waals surface area (Å²) in [5.74, 6) is -0.523. The molecule has 0 fully saturated rings. The molecule has 0 aliphatic heterocycles. The molecule has 0 amide bonds. The van der Waals surface area contributed by atoms with Crippen LogP contribution in [0.3, 0.4) is 0 Å². The van der Waals surface area contributed by atoms with Crippen LogP contribution in [0.2, 0.25) is 12.6 Å². The van der Waals surface area contributed by atoms with Crippen molar-refractivity contribution in [3.63, 3.8) is 0 Å². The molecule has 13 heavy (non-hydrogen) atoms. The summed E-state index contributed by atoms with van der Waals surface area (Å²) in [6, 6.07) is 1.20. The predicted molar refractivity (Wildman–Crippen MR) is 56.8 cm³/mol. The summed E-state index contributed by atoms with van der Waals surface area (Å²) in [5.41, 5.74) is 0. The van der Waals surface area contributed by atoms with Crippen LogP contribution >= 0.6 is 0 Å². The molecule has 0 aromatic rings. The molecule has 78 valence electrons. The first kappa shape index (κ1) is 14.9. The van der Waals surface area contributed by atoms with E-state index in [1.807, 2.05) is 0 Å². The molecule has 0 atom stereocenters. The van der Waals surface area contributed by atoms with Gasteiger partial charge in [0.05, 0.1) is 6.61 Å². The number of carbonyl (C=O) groups excluding carboxylic acids is 2. The van der Waals surface area contributed by atoms with Crippen molar-refractivity contribution >= 4 is 21.3 Å². The Balaban J connectivity index is 0. The lowest BCUT2D eigenvalue weighted by Crippen LogP contribution is -2.09. The summed E-state index contributed by atoms with van der Waals surface area (Å²) in [6.45, 7) is 4.09. The number of ether oxygens (including phenoxy) is 1. The fourth-order valence-electron chi connectivity index (χ4n) is 0.792. The summed E-state index contributed by atoms with van der Waals surface area (Å²) in [7, 11) is 0.0889. The number of hydrogen-bond donors (Lipinski definition) is 0. The summed E-state index contributed by atoms with van der Waals surface area (Å²) in [6.07, 6.45) is 0.871. The molecule has 4 heteroatoms. The molecule has 0 radical (unpaired) electrons. The highest BCUT2D eigenvalue weighted by Crippen LogP contribution is 1.93. The summed E-state index contributed by atoms with van der Waals surface area (Å²) < 4.78 is 4.82. The SMILES string of the molecule is C.C[SiH2]CCCOC(=O)CC(C)=O. The minimum atomic E-state index is -0.389. The largest absolute Gasteiger partial charge is 0.465 e. The standard InChI is InChI=1S/C8H16O3Si.CH4/c1-7(9)6-8(10)11-4-3-5-12-2;/h3-6,12H2,1-2H3;1H4. The van der Waals surface area contributed by atoms with Crippen molar-refractivity contribution in [2.24, 2.45) is 0 Å². The molecule has 0 saturated heterocycles. The lowest BCUT2D eigenvalue weighted by atomic mass is 10.3. The molecular weight excluding hydrogens is 184 g/mol. The van der Waals surface area contributed by atoms with Crippen LogP contribution in [-0.4, -0.2) is 27.9 Å². The van der Waals surface area contributed by atoms with Gasteiger partial charge in [-0.1, -0.05) is 20.0 Å². The first-order chi connectivity index (χ1) is 5.66. The fraction of sp³-hybridized carbons (Fsp3) is 0.778. The van der Waals surface area contributed by atoms with Crippen LogP contribution in [0.1, 0.15) is 27.2 Å². The number of hydrogen-bond acceptors (Lipinski definition) is 3. The quantitative estimate of drug-likeness (QED) is 0.282. The maximum Gasteiger partial charge on any atom is 0.313 e. The van der Waals surface area contributed by atoms with Crippen LogP contribution in [0.25, 0.3) is 0 Å². The molecule has 0 rings (SSSR count). The van der Waals surface area contributed by atoms with Crippen molar-refractivity contribution < 1.29 is 14.3 Å². The summed E-state index contributed by atoms with van der Waals surface area (Å²) in [4.78, 5) is 21.2. The van der Waals surface area contributed by atoms with Gasteiger partial charge in [-0.15, -0.1) is 0 Å². The van der Waals surface area contributed by atoms with Crippen LogP contribution in [-0.2, 0) is 14.3 Å². The number of Topliss-reactive ketones (excluding diaryl/α,β-unsaturated/α-hetero) is 1. The second-order valence-electron chi connectivity index (χ2n) is 2.81. The first-order valence-electron chi connectivity index (χ1n) is 4.32. The predicted octanol–water partition coefficient (Wildman–Crippen LogP) is 1.17. The van der Waals surface area contributed by atoms with E-state index in [2.05, 4.69) is 6.55 Å². The number of rotatable bonds is 6. The van der Waals surface area contributed by atoms with Crippen molar-refractivity contribution in [3.05, 3.63) is 0 Å². The van der Waals surface area contributed by atoms with E-state index in [1.54, 1.807) is 0 Å². The second-order valence-corrected chi connectivity index (χ2v) is 4.51. The summed E-state index contributed by atoms with van der Waals surface area (Å²) in [5, 5.41) is 0. The zero-order valence-electron chi connectivity index (χ0n) is 7.76. The van der Waals surface area contributed by atoms with E-state index in [0.29, 0.717) is 6.61 Å². The maximum absolute atomic E-state index is 10.8. The highest BCUT2D eigenvalue weighted by molar-refractivity contribution is 6.33. The van der Waals surface area contributed by atoms with Crippen LogP contribution in [0.5, 0.6) is 0 Å². The third kappa shape index (κ3) is 11.4. The van der Waals surface area contributed by atoms with E-state index in [9.17, 15) is 9.59 Å². The average Bonchev–Trinajstić information content (AvgIpc) is 1.97. The molecule has 3 nitrogen and oxygen atoms in total. The molecule has 0 aromatic carbocycles. The van der Waals surface area contributed by atoms with E-state index in [1.165, 1.54) is 13.0 Å². The first-order valence-corrected chi connectivity index (χ1v) is 6.73. The molecular formula is C9H20O3Si. The van der Waals surface area contributed by atoms with Crippen molar-refractivity contribution in [1.82, 2.24) is 0 Å². The minimum Gasteiger partial charge on any atom is -0.465 e. The molecule has 0 N–H and O–H groups in total. The van der Waals surface area contributed by atoms with Gasteiger partial charge in [-0.2, -0.15) is 0 Å². The van der Waals surface area contributed by atoms with E-state index in [4.69, 9.17) is 4.74 Å². The smallest absolute Gasteiger partial charge is 0.313 e. The van der Waals surface area contributed by atoms with Gasteiger partial charge >= 0.3 is 5.97 Å². The maximum atomic E-state index is 10.8. The number of ketones is 1. The molecule has 0 heterocycles. The molecule has 0 bridgehead atoms. The third-order valence-corrected chi connectivity index (χ3v) is 2.61. The van der Waals surface area contributed by atoms with Gasteiger partial charge in [-0.25, -0.2) is 0 Å². The lowest BCUT2D eigenvalue weighted by Gasteiger charge is -2.01. The van der Waals surface area contributed by atoms with Crippen LogP contribution < -0.4 is 0 Å². The van der Waals surface area contributed by atoms with E-state index in [0.717, 1.165) is 6.42 Å². The van der Waals surface area contributed by atoms with E-state index < -0.39 is 0 Å². The highest BCUT2D eigenvalue weighted by Gasteiger charge is 2.04. The normalized spacial score (nSPS) is 9.69. The second kappa shape index (κ2) is 9.44. The van der Waals surface area contributed by atoms with Gasteiger partial charge in [0, 0.05) is 9.52 Å². The molecule has 0 aromatic heterocycles. The van der Waals surface area contributed by atoms with E-state index in [-0.39, 0.29) is 35.1 Å². The van der Waals surface area contributed by atoms with Crippen molar-refractivity contribution in [2.45, 2.75) is 39.8 Å². The monoisotopic (exact) mass is 204 g/mol. The third-order valence-electron chi connectivity index (χ3n) is 1.40. The van der Waals surface area contributed by atoms with Gasteiger partial charge in [0.25, 0.3) is 0 Å². The summed E-state index contributed by atoms with van der Waals surface area (Å²) >= 11 is 0. The Bertz CT molecular complexity index is 157. The lowest BCUT2D eigenvalue weighted by molar-refractivity contribution is -0.145. The van der Waals surface area contributed by atoms with Gasteiger partial charge in [0.2, 0.25) is 0 Å². The van der Waals surface area contributed by atoms with Gasteiger partial charge in [0.15, 0.2) is 0 Å². The van der Waals surface area contributed by atoms with Crippen LogP contribution in [0.4, 0.5) is 0 Å². The van der Waals surface area contributed by atoms with Gasteiger partial charge in [0.1, 0.15) is 12.2 Å². The number of esters is 1. The molecule has 0 aliphatic carbocycles. The topological polar surface area (TPSA) is 43.4 Å². The van der Waals surface area contributed by atoms with Crippen LogP contribution in [0.15, 0.2) is 0 Å². The van der Waals surface area contributed by atoms with E-state index >= 15 is 0 Å². The minimum absolute atomic E-state index is 0. The van der Waals surface area contributed by atoms with Crippen LogP contribution in [0, 0.1) is 0 Å². The molecule has 0 aliphatic rings. The zero-order valence-corrected chi connectivity index (χ0v) is 9.17. The Morgan fingerprint density at radius 1 is 1.38 bits per heavy atom. The van der Waals surface area contributed by atoms with Gasteiger partial charge in [-0.3, -0.25) is 9.59 Å². The Morgan fingerprint density at radius 2 is 2.00 bits per heavy atom. The molecule has 0 spiro atoms. The number of carbonyl (C=O) groups is 2. The van der Waals surface area contributed by atoms with Gasteiger partial charge < -0.3 is 4.74 Å². The Morgan fingerprint density at radius 3 is 2.46 bits per heavy atom. The van der Waals surface area contributed by atoms with Crippen molar-refractivity contribution in [2.75, 3.05) is 6.61 Å². The van der Waals surface area contributed by atoms with Crippen molar-refractivity contribution in [3.8, 4) is 0 Å². The Labute approximate surface area is 82.7 Å². The van der Waals surface area contributed by atoms with Crippen molar-refractivity contribution in [1.29, 1.82) is 0 Å². The highest BCUT2D eigenvalue weighted by atomic mass is 28.2. The molecule has 0 saturated carbocycles. The van der Waals surface area contributed by atoms with Gasteiger partial charge in [-0.05, 0) is 13.3 Å². The fourth-order valence-corrected chi connectivity index (χ4v) is 1.50. The Kier molecular flexibility index (Phi) is 10.8. The molecule has 0 unspecified atom stereocenters.